The van der Waals surface area contributed by atoms with Gasteiger partial charge in [-0.2, -0.15) is 0 Å². The predicted molar refractivity (Wildman–Crippen MR) is 77.5 cm³/mol. The van der Waals surface area contributed by atoms with Crippen LogP contribution in [-0.4, -0.2) is 44.4 Å². The Balaban J connectivity index is 2.01. The fraction of sp³-hybridized carbons (Fsp3) is 0.714. The van der Waals surface area contributed by atoms with Gasteiger partial charge in [0.15, 0.2) is 5.88 Å². The number of furan rings is 1. The zero-order valence-electron chi connectivity index (χ0n) is 19.8. The molecule has 0 aliphatic carbocycles. The lowest BCUT2D eigenvalue weighted by Gasteiger charge is -2.32. The Morgan fingerprint density at radius 3 is 2.30 bits per heavy atom. The van der Waals surface area contributed by atoms with E-state index in [0.717, 1.165) is 0 Å². The summed E-state index contributed by atoms with van der Waals surface area (Å²) in [6.45, 7) is -5.13. The van der Waals surface area contributed by atoms with Gasteiger partial charge in [-0.25, -0.2) is 0 Å². The lowest BCUT2D eigenvalue weighted by molar-refractivity contribution is 0.00578. The number of nitrogens with zero attached hydrogens (tertiary/aromatic N) is 1. The van der Waals surface area contributed by atoms with E-state index in [1.807, 2.05) is 27.7 Å². The van der Waals surface area contributed by atoms with E-state index in [0.29, 0.717) is 0 Å². The van der Waals surface area contributed by atoms with Crippen molar-refractivity contribution in [3.05, 3.63) is 12.1 Å². The van der Waals surface area contributed by atoms with Gasteiger partial charge in [0, 0.05) is 19.1 Å². The molecule has 0 atom stereocenters. The van der Waals surface area contributed by atoms with Gasteiger partial charge >= 0.3 is 7.12 Å². The Morgan fingerprint density at radius 1 is 1.10 bits per heavy atom. The van der Waals surface area contributed by atoms with Crippen molar-refractivity contribution in [1.29, 1.82) is 0 Å². The van der Waals surface area contributed by atoms with Crippen LogP contribution in [0.3, 0.4) is 0 Å². The Labute approximate surface area is 131 Å². The molecule has 0 aromatic carbocycles. The molecule has 2 aliphatic heterocycles. The normalized spacial score (nSPS) is 41.2. The molecular formula is C14H22BNO4. The van der Waals surface area contributed by atoms with Gasteiger partial charge in [0.05, 0.1) is 35.3 Å². The fourth-order valence-corrected chi connectivity index (χ4v) is 1.85. The molecule has 1 aromatic heterocycles. The van der Waals surface area contributed by atoms with E-state index in [1.165, 1.54) is 12.1 Å². The van der Waals surface area contributed by atoms with Crippen LogP contribution in [0.4, 0.5) is 5.88 Å². The minimum atomic E-state index is -3.15. The SMILES string of the molecule is [2H]C1([2H])OC([2H])([2H])C([2H])([2H])N(c2ccc(B3OC(C)(C)C(C)(C)O3)o2)C1([2H])[2H]. The Kier molecular flexibility index (Phi) is 1.76. The summed E-state index contributed by atoms with van der Waals surface area (Å²) in [5, 5.41) is 0. The monoisotopic (exact) mass is 287 g/mol. The first-order valence-corrected chi connectivity index (χ1v) is 6.32. The zero-order valence-corrected chi connectivity index (χ0v) is 11.8. The van der Waals surface area contributed by atoms with Crippen molar-refractivity contribution in [3.63, 3.8) is 0 Å². The van der Waals surface area contributed by atoms with Crippen molar-refractivity contribution in [3.8, 4) is 0 Å². The van der Waals surface area contributed by atoms with Crippen LogP contribution in [0.1, 0.15) is 38.7 Å². The molecule has 0 unspecified atom stereocenters. The standard InChI is InChI=1S/C14H22BNO4/c1-13(2)14(3,4)20-15(19-13)11-5-6-12(18-11)16-7-9-17-10-8-16/h5-6H,7-10H2,1-4H3/i7D2,8D2,9D2,10D2. The fourth-order valence-electron chi connectivity index (χ4n) is 1.85. The lowest BCUT2D eigenvalue weighted by atomic mass is 9.86. The van der Waals surface area contributed by atoms with Crippen LogP contribution in [-0.2, 0) is 14.0 Å². The van der Waals surface area contributed by atoms with Crippen molar-refractivity contribution < 1.29 is 29.4 Å². The Hall–Kier alpha value is -0.975. The molecule has 3 heterocycles. The van der Waals surface area contributed by atoms with E-state index in [9.17, 15) is 0 Å². The molecule has 5 nitrogen and oxygen atoms in total. The highest BCUT2D eigenvalue weighted by atomic mass is 16.7. The van der Waals surface area contributed by atoms with Crippen molar-refractivity contribution in [2.24, 2.45) is 0 Å². The number of hydrogen-bond acceptors (Lipinski definition) is 5. The maximum atomic E-state index is 8.06. The third-order valence-electron chi connectivity index (χ3n) is 3.74. The molecule has 0 radical (unpaired) electrons. The molecule has 0 N–H and O–H groups in total. The van der Waals surface area contributed by atoms with Gasteiger partial charge in [-0.1, -0.05) is 0 Å². The molecule has 6 heteroatoms. The van der Waals surface area contributed by atoms with Crippen LogP contribution >= 0.6 is 0 Å². The molecule has 20 heavy (non-hydrogen) atoms. The van der Waals surface area contributed by atoms with E-state index in [-0.39, 0.29) is 10.6 Å². The maximum Gasteiger partial charge on any atom is 0.532 e. The summed E-state index contributed by atoms with van der Waals surface area (Å²) in [6.07, 6.45) is 0. The highest BCUT2D eigenvalue weighted by molar-refractivity contribution is 6.60. The molecule has 2 aliphatic rings. The van der Waals surface area contributed by atoms with Crippen LogP contribution in [0.5, 0.6) is 0 Å². The van der Waals surface area contributed by atoms with Gasteiger partial charge in [-0.15, -0.1) is 0 Å². The van der Waals surface area contributed by atoms with Crippen LogP contribution in [0.25, 0.3) is 0 Å². The topological polar surface area (TPSA) is 44.1 Å². The first-order chi connectivity index (χ1) is 12.4. The Morgan fingerprint density at radius 2 is 1.70 bits per heavy atom. The summed E-state index contributed by atoms with van der Waals surface area (Å²) in [4.78, 5) is 0.276. The second-order valence-electron chi connectivity index (χ2n) is 5.63. The quantitative estimate of drug-likeness (QED) is 0.770. The van der Waals surface area contributed by atoms with E-state index in [4.69, 9.17) is 24.7 Å². The summed E-state index contributed by atoms with van der Waals surface area (Å²) in [6, 6.07) is 2.61. The van der Waals surface area contributed by atoms with Gasteiger partial charge < -0.3 is 23.4 Å². The molecule has 0 bridgehead atoms. The van der Waals surface area contributed by atoms with Crippen LogP contribution in [0.2, 0.25) is 0 Å². The summed E-state index contributed by atoms with van der Waals surface area (Å²) in [5.74, 6) is -0.421. The van der Waals surface area contributed by atoms with Gasteiger partial charge in [0.1, 0.15) is 5.66 Å². The summed E-state index contributed by atoms with van der Waals surface area (Å²) in [7, 11) is -0.940. The molecule has 0 amide bonds. The minimum Gasteiger partial charge on any atom is -0.449 e. The molecule has 0 saturated carbocycles. The first kappa shape index (κ1) is 7.34. The van der Waals surface area contributed by atoms with Gasteiger partial charge in [0.2, 0.25) is 0 Å². The second-order valence-corrected chi connectivity index (χ2v) is 5.63. The maximum absolute atomic E-state index is 8.06. The molecule has 110 valence electrons. The van der Waals surface area contributed by atoms with E-state index >= 15 is 0 Å². The molecule has 2 fully saturated rings. The lowest BCUT2D eigenvalue weighted by Crippen LogP contribution is -2.41. The average molecular weight is 287 g/mol. The number of anilines is 1. The van der Waals surface area contributed by atoms with Gasteiger partial charge in [-0.05, 0) is 33.8 Å². The van der Waals surface area contributed by atoms with Crippen molar-refractivity contribution in [1.82, 2.24) is 0 Å². The second kappa shape index (κ2) is 4.79. The van der Waals surface area contributed by atoms with E-state index in [1.54, 1.807) is 0 Å². The van der Waals surface area contributed by atoms with Crippen LogP contribution in [0, 0.1) is 0 Å². The van der Waals surface area contributed by atoms with Crippen LogP contribution in [0.15, 0.2) is 16.5 Å². The molecule has 1 aromatic rings. The first-order valence-electron chi connectivity index (χ1n) is 10.3. The number of ether oxygens (including phenoxy) is 1. The average Bonchev–Trinajstić information content (AvgIpc) is 2.99. The van der Waals surface area contributed by atoms with Crippen molar-refractivity contribution >= 4 is 18.7 Å². The smallest absolute Gasteiger partial charge is 0.449 e. The van der Waals surface area contributed by atoms with Crippen molar-refractivity contribution in [2.45, 2.75) is 38.9 Å². The van der Waals surface area contributed by atoms with Crippen LogP contribution < -0.4 is 10.6 Å². The zero-order chi connectivity index (χ0) is 21.6. The molecular weight excluding hydrogens is 257 g/mol. The van der Waals surface area contributed by atoms with Crippen molar-refractivity contribution in [2.75, 3.05) is 31.0 Å². The molecule has 2 saturated heterocycles. The third-order valence-corrected chi connectivity index (χ3v) is 3.74. The highest BCUT2D eigenvalue weighted by Crippen LogP contribution is 2.36. The number of rotatable bonds is 2. The molecule has 3 rings (SSSR count). The third kappa shape index (κ3) is 2.36. The summed E-state index contributed by atoms with van der Waals surface area (Å²) >= 11 is 0. The van der Waals surface area contributed by atoms with E-state index in [2.05, 4.69) is 4.74 Å². The van der Waals surface area contributed by atoms with E-state index < -0.39 is 50.3 Å². The van der Waals surface area contributed by atoms with Gasteiger partial charge in [-0.3, -0.25) is 0 Å². The summed E-state index contributed by atoms with van der Waals surface area (Å²) in [5.41, 5.74) is -1.21. The predicted octanol–water partition coefficient (Wildman–Crippen LogP) is 1.42. The largest absolute Gasteiger partial charge is 0.532 e. The number of hydrogen-bond donors (Lipinski definition) is 0. The Bertz CT molecular complexity index is 739. The van der Waals surface area contributed by atoms with Gasteiger partial charge in [0.25, 0.3) is 0 Å². The number of morpholine rings is 1. The molecule has 0 spiro atoms. The highest BCUT2D eigenvalue weighted by Gasteiger charge is 2.53. The minimum absolute atomic E-state index is 0.118. The summed E-state index contributed by atoms with van der Waals surface area (Å²) < 4.78 is 85.0.